The summed E-state index contributed by atoms with van der Waals surface area (Å²) in [7, 11) is 0. The number of aliphatic hydroxyl groups excluding tert-OH is 2. The number of hydrogen-bond donors (Lipinski definition) is 2. The van der Waals surface area contributed by atoms with Gasteiger partial charge in [-0.25, -0.2) is 0 Å². The first-order valence-corrected chi connectivity index (χ1v) is 19.8. The minimum Gasteiger partial charge on any atom is -0.494 e. The Bertz CT molecular complexity index is 1450. The third-order valence-electron chi connectivity index (χ3n) is 9.41. The third-order valence-corrected chi connectivity index (χ3v) is 9.41. The number of benzene rings is 4. The first kappa shape index (κ1) is 40.8. The molecule has 0 fully saturated rings. The van der Waals surface area contributed by atoms with E-state index in [-0.39, 0.29) is 19.3 Å². The lowest BCUT2D eigenvalue weighted by molar-refractivity contribution is 0.201. The van der Waals surface area contributed by atoms with E-state index in [0.29, 0.717) is 13.2 Å². The third kappa shape index (κ3) is 16.1. The molecule has 6 heteroatoms. The van der Waals surface area contributed by atoms with Crippen molar-refractivity contribution in [1.82, 2.24) is 0 Å². The lowest BCUT2D eigenvalue weighted by Crippen LogP contribution is -2.11. The van der Waals surface area contributed by atoms with E-state index in [1.807, 2.05) is 60.7 Å². The van der Waals surface area contributed by atoms with Crippen LogP contribution in [0.15, 0.2) is 97.1 Å². The zero-order valence-electron chi connectivity index (χ0n) is 31.5. The maximum atomic E-state index is 8.91. The lowest BCUT2D eigenvalue weighted by atomic mass is 10.0. The van der Waals surface area contributed by atoms with Crippen LogP contribution in [0.3, 0.4) is 0 Å². The van der Waals surface area contributed by atoms with Gasteiger partial charge in [0.25, 0.3) is 0 Å². The van der Waals surface area contributed by atoms with E-state index < -0.39 is 0 Å². The van der Waals surface area contributed by atoms with Crippen LogP contribution in [0.4, 0.5) is 0 Å². The summed E-state index contributed by atoms with van der Waals surface area (Å²) in [6.07, 6.45) is 19.7. The first-order chi connectivity index (χ1) is 25.6. The summed E-state index contributed by atoms with van der Waals surface area (Å²) in [6, 6.07) is 32.5. The Morgan fingerprint density at radius 1 is 0.365 bits per heavy atom. The highest BCUT2D eigenvalue weighted by atomic mass is 16.5. The predicted octanol–water partition coefficient (Wildman–Crippen LogP) is 11.5. The summed E-state index contributed by atoms with van der Waals surface area (Å²) in [5.74, 6) is 3.39. The van der Waals surface area contributed by atoms with Gasteiger partial charge >= 0.3 is 0 Å². The highest BCUT2D eigenvalue weighted by molar-refractivity contribution is 5.65. The Labute approximate surface area is 313 Å². The van der Waals surface area contributed by atoms with Gasteiger partial charge in [-0.15, -0.1) is 0 Å². The first-order valence-electron chi connectivity index (χ1n) is 19.8. The van der Waals surface area contributed by atoms with Crippen molar-refractivity contribution in [2.24, 2.45) is 0 Å². The van der Waals surface area contributed by atoms with Crippen molar-refractivity contribution in [1.29, 1.82) is 0 Å². The second kappa shape index (κ2) is 25.1. The van der Waals surface area contributed by atoms with Gasteiger partial charge in [-0.1, -0.05) is 126 Å². The Hall–Kier alpha value is -4.00. The summed E-state index contributed by atoms with van der Waals surface area (Å²) < 4.78 is 23.0. The SMILES string of the molecule is CC(CCCCCCCCCCCCCCCCOc1ccc(-c2ccc(OCCO)cc2)cc1)Oc1ccc(-c2ccc(OCCO)cc2)cc1. The van der Waals surface area contributed by atoms with Crippen molar-refractivity contribution in [2.45, 2.75) is 109 Å². The molecule has 4 aromatic rings. The van der Waals surface area contributed by atoms with Gasteiger partial charge in [0.1, 0.15) is 36.2 Å². The van der Waals surface area contributed by atoms with Crippen molar-refractivity contribution in [3.63, 3.8) is 0 Å². The zero-order chi connectivity index (χ0) is 36.5. The summed E-state index contributed by atoms with van der Waals surface area (Å²) in [5, 5.41) is 17.8. The predicted molar refractivity (Wildman–Crippen MR) is 214 cm³/mol. The van der Waals surface area contributed by atoms with E-state index in [0.717, 1.165) is 64.7 Å². The van der Waals surface area contributed by atoms with Gasteiger partial charge in [0.15, 0.2) is 0 Å². The fourth-order valence-corrected chi connectivity index (χ4v) is 6.42. The summed E-state index contributed by atoms with van der Waals surface area (Å²) >= 11 is 0. The average molecular weight is 711 g/mol. The molecule has 6 nitrogen and oxygen atoms in total. The standard InChI is InChI=1S/C46H62O6/c1-38(52-46-31-23-42(24-32-46)41-21-29-45(30-22-41)51-37-34-48)16-14-12-10-8-6-4-2-3-5-7-9-11-13-15-35-49-43-25-17-39(18-26-43)40-19-27-44(28-20-40)50-36-33-47/h17-32,38,47-48H,2-16,33-37H2,1H3. The van der Waals surface area contributed by atoms with Crippen LogP contribution in [0.25, 0.3) is 22.3 Å². The average Bonchev–Trinajstić information content (AvgIpc) is 3.18. The number of unbranched alkanes of at least 4 members (excludes halogenated alkanes) is 13. The van der Waals surface area contributed by atoms with Gasteiger partial charge in [-0.3, -0.25) is 0 Å². The van der Waals surface area contributed by atoms with E-state index in [1.165, 1.54) is 83.5 Å². The molecule has 4 aromatic carbocycles. The molecule has 52 heavy (non-hydrogen) atoms. The van der Waals surface area contributed by atoms with Gasteiger partial charge in [0.2, 0.25) is 0 Å². The van der Waals surface area contributed by atoms with E-state index in [4.69, 9.17) is 29.2 Å². The minimum absolute atomic E-state index is 0.0193. The van der Waals surface area contributed by atoms with Crippen LogP contribution in [0.2, 0.25) is 0 Å². The molecule has 2 N–H and O–H groups in total. The zero-order valence-corrected chi connectivity index (χ0v) is 31.5. The van der Waals surface area contributed by atoms with Crippen molar-refractivity contribution in [3.05, 3.63) is 97.1 Å². The maximum absolute atomic E-state index is 8.91. The van der Waals surface area contributed by atoms with E-state index >= 15 is 0 Å². The number of hydrogen-bond acceptors (Lipinski definition) is 6. The summed E-state index contributed by atoms with van der Waals surface area (Å²) in [5.41, 5.74) is 4.56. The van der Waals surface area contributed by atoms with Gasteiger partial charge in [0.05, 0.1) is 25.9 Å². The van der Waals surface area contributed by atoms with Gasteiger partial charge < -0.3 is 29.2 Å². The minimum atomic E-state index is 0.0193. The Morgan fingerprint density at radius 2 is 0.654 bits per heavy atom. The summed E-state index contributed by atoms with van der Waals surface area (Å²) in [4.78, 5) is 0. The monoisotopic (exact) mass is 710 g/mol. The molecule has 0 radical (unpaired) electrons. The Morgan fingerprint density at radius 3 is 1.00 bits per heavy atom. The molecule has 0 amide bonds. The fourth-order valence-electron chi connectivity index (χ4n) is 6.42. The van der Waals surface area contributed by atoms with Crippen LogP contribution in [0.1, 0.15) is 103 Å². The maximum Gasteiger partial charge on any atom is 0.119 e. The topological polar surface area (TPSA) is 77.4 Å². The largest absolute Gasteiger partial charge is 0.494 e. The van der Waals surface area contributed by atoms with Gasteiger partial charge in [0, 0.05) is 0 Å². The Kier molecular flexibility index (Phi) is 19.6. The highest BCUT2D eigenvalue weighted by Gasteiger charge is 2.06. The smallest absolute Gasteiger partial charge is 0.119 e. The van der Waals surface area contributed by atoms with Crippen molar-refractivity contribution >= 4 is 0 Å². The van der Waals surface area contributed by atoms with Crippen LogP contribution in [-0.4, -0.2) is 49.4 Å². The molecule has 1 unspecified atom stereocenters. The molecule has 0 saturated heterocycles. The molecule has 0 saturated carbocycles. The van der Waals surface area contributed by atoms with Crippen molar-refractivity contribution < 1.29 is 29.2 Å². The van der Waals surface area contributed by atoms with Crippen LogP contribution in [-0.2, 0) is 0 Å². The van der Waals surface area contributed by atoms with E-state index in [2.05, 4.69) is 43.3 Å². The van der Waals surface area contributed by atoms with Crippen LogP contribution in [0, 0.1) is 0 Å². The van der Waals surface area contributed by atoms with Crippen molar-refractivity contribution in [3.8, 4) is 45.3 Å². The molecule has 0 spiro atoms. The molecule has 4 rings (SSSR count). The molecule has 0 aliphatic carbocycles. The van der Waals surface area contributed by atoms with Gasteiger partial charge in [-0.05, 0) is 97.0 Å². The molecular formula is C46H62O6. The highest BCUT2D eigenvalue weighted by Crippen LogP contribution is 2.27. The molecule has 0 aromatic heterocycles. The normalized spacial score (nSPS) is 11.7. The molecule has 1 atom stereocenters. The van der Waals surface area contributed by atoms with Gasteiger partial charge in [-0.2, -0.15) is 0 Å². The second-order valence-corrected chi connectivity index (χ2v) is 13.8. The lowest BCUT2D eigenvalue weighted by Gasteiger charge is -2.15. The quantitative estimate of drug-likeness (QED) is 0.0571. The van der Waals surface area contributed by atoms with Crippen LogP contribution in [0.5, 0.6) is 23.0 Å². The molecule has 282 valence electrons. The van der Waals surface area contributed by atoms with E-state index in [1.54, 1.807) is 0 Å². The van der Waals surface area contributed by atoms with Crippen molar-refractivity contribution in [2.75, 3.05) is 33.0 Å². The fraction of sp³-hybridized carbons (Fsp3) is 0.478. The molecule has 0 aliphatic heterocycles. The molecular weight excluding hydrogens is 649 g/mol. The number of aliphatic hydroxyl groups is 2. The molecule has 0 aliphatic rings. The Balaban J connectivity index is 0.904. The molecule has 0 heterocycles. The number of rotatable bonds is 28. The van der Waals surface area contributed by atoms with Crippen LogP contribution < -0.4 is 18.9 Å². The number of ether oxygens (including phenoxy) is 4. The second-order valence-electron chi connectivity index (χ2n) is 13.8. The molecule has 0 bridgehead atoms. The summed E-state index contributed by atoms with van der Waals surface area (Å²) in [6.45, 7) is 3.62. The van der Waals surface area contributed by atoms with E-state index in [9.17, 15) is 0 Å². The van der Waals surface area contributed by atoms with Crippen LogP contribution >= 0.6 is 0 Å².